The molecule has 0 heterocycles. The first kappa shape index (κ1) is 14.4. The van der Waals surface area contributed by atoms with Crippen molar-refractivity contribution in [3.8, 4) is 11.5 Å². The third-order valence-electron chi connectivity index (χ3n) is 3.10. The van der Waals surface area contributed by atoms with Crippen molar-refractivity contribution >= 4 is 0 Å². The molecule has 0 atom stereocenters. The predicted octanol–water partition coefficient (Wildman–Crippen LogP) is 3.39. The lowest BCUT2D eigenvalue weighted by molar-refractivity contribution is 0.317. The highest BCUT2D eigenvalue weighted by atomic mass is 16.5. The van der Waals surface area contributed by atoms with Crippen LogP contribution < -0.4 is 10.1 Å². The monoisotopic (exact) mass is 271 g/mol. The van der Waals surface area contributed by atoms with Gasteiger partial charge in [-0.1, -0.05) is 35.9 Å². The maximum absolute atomic E-state index is 9.65. The van der Waals surface area contributed by atoms with E-state index in [-0.39, 0.29) is 5.75 Å². The molecular weight excluding hydrogens is 250 g/mol. The molecular formula is C17H21NO2. The number of nitrogens with one attached hydrogen (secondary N) is 1. The van der Waals surface area contributed by atoms with Crippen LogP contribution in [-0.2, 0) is 13.1 Å². The van der Waals surface area contributed by atoms with Crippen LogP contribution in [0.1, 0.15) is 23.6 Å². The van der Waals surface area contributed by atoms with Gasteiger partial charge in [0, 0.05) is 13.1 Å². The van der Waals surface area contributed by atoms with Gasteiger partial charge in [-0.2, -0.15) is 0 Å². The highest BCUT2D eigenvalue weighted by Gasteiger charge is 2.03. The Morgan fingerprint density at radius 2 is 1.65 bits per heavy atom. The molecule has 2 aromatic carbocycles. The fourth-order valence-corrected chi connectivity index (χ4v) is 2.00. The quantitative estimate of drug-likeness (QED) is 0.846. The Morgan fingerprint density at radius 3 is 2.35 bits per heavy atom. The molecule has 20 heavy (non-hydrogen) atoms. The number of rotatable bonds is 6. The van der Waals surface area contributed by atoms with Crippen molar-refractivity contribution in [2.24, 2.45) is 0 Å². The second-order valence-corrected chi connectivity index (χ2v) is 4.82. The van der Waals surface area contributed by atoms with E-state index in [1.165, 1.54) is 11.1 Å². The number of hydrogen-bond acceptors (Lipinski definition) is 3. The molecule has 2 N–H and O–H groups in total. The first-order valence-corrected chi connectivity index (χ1v) is 6.90. The lowest BCUT2D eigenvalue weighted by Gasteiger charge is -2.09. The van der Waals surface area contributed by atoms with E-state index >= 15 is 0 Å². The molecule has 0 unspecified atom stereocenters. The third-order valence-corrected chi connectivity index (χ3v) is 3.10. The van der Waals surface area contributed by atoms with Crippen LogP contribution in [-0.4, -0.2) is 11.7 Å². The smallest absolute Gasteiger partial charge is 0.161 e. The standard InChI is InChI=1S/C17H21NO2/c1-3-20-17-10-15(8-9-16(17)19)12-18-11-14-6-4-13(2)5-7-14/h4-10,18-19H,3,11-12H2,1-2H3. The molecule has 0 aliphatic carbocycles. The fraction of sp³-hybridized carbons (Fsp3) is 0.294. The molecule has 0 saturated heterocycles. The summed E-state index contributed by atoms with van der Waals surface area (Å²) in [6.45, 7) is 6.11. The third kappa shape index (κ3) is 4.00. The van der Waals surface area contributed by atoms with Crippen molar-refractivity contribution in [3.63, 3.8) is 0 Å². The number of aryl methyl sites for hydroxylation is 1. The number of aromatic hydroxyl groups is 1. The van der Waals surface area contributed by atoms with Crippen molar-refractivity contribution in [1.82, 2.24) is 5.32 Å². The first-order chi connectivity index (χ1) is 9.69. The highest BCUT2D eigenvalue weighted by molar-refractivity contribution is 5.41. The summed E-state index contributed by atoms with van der Waals surface area (Å²) in [4.78, 5) is 0. The number of benzene rings is 2. The van der Waals surface area contributed by atoms with E-state index in [0.29, 0.717) is 12.4 Å². The summed E-state index contributed by atoms with van der Waals surface area (Å²) in [6.07, 6.45) is 0. The van der Waals surface area contributed by atoms with Gasteiger partial charge in [0.05, 0.1) is 6.61 Å². The van der Waals surface area contributed by atoms with Crippen molar-refractivity contribution in [2.75, 3.05) is 6.61 Å². The molecule has 0 aliphatic heterocycles. The summed E-state index contributed by atoms with van der Waals surface area (Å²) >= 11 is 0. The van der Waals surface area contributed by atoms with Crippen LogP contribution in [0.3, 0.4) is 0 Å². The van der Waals surface area contributed by atoms with Crippen LogP contribution >= 0.6 is 0 Å². The summed E-state index contributed by atoms with van der Waals surface area (Å²) in [5.74, 6) is 0.733. The maximum atomic E-state index is 9.65. The molecule has 0 aliphatic rings. The van der Waals surface area contributed by atoms with Gasteiger partial charge < -0.3 is 15.2 Å². The van der Waals surface area contributed by atoms with Crippen molar-refractivity contribution in [2.45, 2.75) is 26.9 Å². The van der Waals surface area contributed by atoms with Crippen LogP contribution in [0.2, 0.25) is 0 Å². The Hall–Kier alpha value is -2.00. The van der Waals surface area contributed by atoms with Gasteiger partial charge in [0.25, 0.3) is 0 Å². The van der Waals surface area contributed by atoms with E-state index in [1.807, 2.05) is 19.1 Å². The second-order valence-electron chi connectivity index (χ2n) is 4.82. The Balaban J connectivity index is 1.90. The summed E-state index contributed by atoms with van der Waals surface area (Å²) in [6, 6.07) is 13.9. The zero-order valence-corrected chi connectivity index (χ0v) is 12.0. The van der Waals surface area contributed by atoms with Crippen molar-refractivity contribution < 1.29 is 9.84 Å². The van der Waals surface area contributed by atoms with Gasteiger partial charge in [0.15, 0.2) is 11.5 Å². The van der Waals surface area contributed by atoms with Crippen LogP contribution in [0.5, 0.6) is 11.5 Å². The lowest BCUT2D eigenvalue weighted by atomic mass is 10.1. The molecule has 3 heteroatoms. The van der Waals surface area contributed by atoms with Crippen molar-refractivity contribution in [1.29, 1.82) is 0 Å². The molecule has 0 amide bonds. The molecule has 0 saturated carbocycles. The lowest BCUT2D eigenvalue weighted by Crippen LogP contribution is -2.12. The van der Waals surface area contributed by atoms with Gasteiger partial charge in [-0.15, -0.1) is 0 Å². The molecule has 0 radical (unpaired) electrons. The maximum Gasteiger partial charge on any atom is 0.161 e. The van der Waals surface area contributed by atoms with Crippen molar-refractivity contribution in [3.05, 3.63) is 59.2 Å². The van der Waals surface area contributed by atoms with E-state index in [9.17, 15) is 5.11 Å². The van der Waals surface area contributed by atoms with Gasteiger partial charge in [-0.05, 0) is 37.1 Å². The average Bonchev–Trinajstić information content (AvgIpc) is 2.45. The average molecular weight is 271 g/mol. The molecule has 106 valence electrons. The zero-order valence-electron chi connectivity index (χ0n) is 12.0. The minimum Gasteiger partial charge on any atom is -0.504 e. The number of hydrogen-bond donors (Lipinski definition) is 2. The van der Waals surface area contributed by atoms with Gasteiger partial charge in [0.2, 0.25) is 0 Å². The topological polar surface area (TPSA) is 41.5 Å². The Bertz CT molecular complexity index is 549. The van der Waals surface area contributed by atoms with E-state index in [4.69, 9.17) is 4.74 Å². The second kappa shape index (κ2) is 6.96. The number of phenols is 1. The van der Waals surface area contributed by atoms with Crippen LogP contribution in [0.15, 0.2) is 42.5 Å². The molecule has 0 spiro atoms. The van der Waals surface area contributed by atoms with E-state index in [2.05, 4.69) is 36.5 Å². The predicted molar refractivity (Wildman–Crippen MR) is 81.0 cm³/mol. The Morgan fingerprint density at radius 1 is 1.00 bits per heavy atom. The molecule has 2 aromatic rings. The fourth-order valence-electron chi connectivity index (χ4n) is 2.00. The summed E-state index contributed by atoms with van der Waals surface area (Å²) in [5, 5.41) is 13.0. The van der Waals surface area contributed by atoms with Crippen LogP contribution in [0, 0.1) is 6.92 Å². The summed E-state index contributed by atoms with van der Waals surface area (Å²) < 4.78 is 5.38. The normalized spacial score (nSPS) is 10.5. The van der Waals surface area contributed by atoms with Crippen LogP contribution in [0.4, 0.5) is 0 Å². The van der Waals surface area contributed by atoms with Gasteiger partial charge >= 0.3 is 0 Å². The van der Waals surface area contributed by atoms with E-state index in [1.54, 1.807) is 6.07 Å². The van der Waals surface area contributed by atoms with Gasteiger partial charge in [0.1, 0.15) is 0 Å². The Labute approximate surface area is 120 Å². The molecule has 3 nitrogen and oxygen atoms in total. The van der Waals surface area contributed by atoms with Gasteiger partial charge in [-0.3, -0.25) is 0 Å². The summed E-state index contributed by atoms with van der Waals surface area (Å²) in [7, 11) is 0. The first-order valence-electron chi connectivity index (χ1n) is 6.90. The minimum atomic E-state index is 0.189. The van der Waals surface area contributed by atoms with Crippen LogP contribution in [0.25, 0.3) is 0 Å². The van der Waals surface area contributed by atoms with E-state index < -0.39 is 0 Å². The Kier molecular flexibility index (Phi) is 5.02. The van der Waals surface area contributed by atoms with Gasteiger partial charge in [-0.25, -0.2) is 0 Å². The zero-order chi connectivity index (χ0) is 14.4. The minimum absolute atomic E-state index is 0.189. The molecule has 0 aromatic heterocycles. The SMILES string of the molecule is CCOc1cc(CNCc2ccc(C)cc2)ccc1O. The highest BCUT2D eigenvalue weighted by Crippen LogP contribution is 2.26. The molecule has 2 rings (SSSR count). The van der Waals surface area contributed by atoms with E-state index in [0.717, 1.165) is 18.7 Å². The number of ether oxygens (including phenoxy) is 1. The summed E-state index contributed by atoms with van der Waals surface area (Å²) in [5.41, 5.74) is 3.63. The molecule has 0 fully saturated rings. The molecule has 0 bridgehead atoms. The number of phenolic OH excluding ortho intramolecular Hbond substituents is 1. The largest absolute Gasteiger partial charge is 0.504 e.